The van der Waals surface area contributed by atoms with Gasteiger partial charge in [0, 0.05) is 12.5 Å². The van der Waals surface area contributed by atoms with Gasteiger partial charge in [0.1, 0.15) is 11.6 Å². The van der Waals surface area contributed by atoms with Gasteiger partial charge in [0.15, 0.2) is 0 Å². The van der Waals surface area contributed by atoms with Crippen LogP contribution in [0.5, 0.6) is 0 Å². The summed E-state index contributed by atoms with van der Waals surface area (Å²) >= 11 is 0. The lowest BCUT2D eigenvalue weighted by atomic mass is 9.76. The Morgan fingerprint density at radius 1 is 0.821 bits per heavy atom. The summed E-state index contributed by atoms with van der Waals surface area (Å²) in [6.45, 7) is 12.5. The predicted molar refractivity (Wildman–Crippen MR) is 159 cm³/mol. The SMILES string of the molecule is C=C[C@H](C)[C@@H](C(=O)OC(C)(C)C)N(Cc1ccccc1)C1(c2ccccc2)c2ccccc2-c2ccccc21. The van der Waals surface area contributed by atoms with Gasteiger partial charge in [-0.25, -0.2) is 0 Å². The summed E-state index contributed by atoms with van der Waals surface area (Å²) in [5.74, 6) is -0.424. The van der Waals surface area contributed by atoms with Crippen molar-refractivity contribution in [1.82, 2.24) is 4.90 Å². The second kappa shape index (κ2) is 10.7. The van der Waals surface area contributed by atoms with Crippen molar-refractivity contribution in [1.29, 1.82) is 0 Å². The van der Waals surface area contributed by atoms with Crippen LogP contribution in [0.15, 0.2) is 122 Å². The van der Waals surface area contributed by atoms with E-state index in [9.17, 15) is 4.79 Å². The van der Waals surface area contributed by atoms with Crippen LogP contribution in [0.3, 0.4) is 0 Å². The first kappa shape index (κ1) is 26.6. The summed E-state index contributed by atoms with van der Waals surface area (Å²) in [5, 5.41) is 0. The predicted octanol–water partition coefficient (Wildman–Crippen LogP) is 7.99. The number of carbonyl (C=O) groups excluding carboxylic acids is 1. The quantitative estimate of drug-likeness (QED) is 0.176. The number of hydrogen-bond acceptors (Lipinski definition) is 3. The van der Waals surface area contributed by atoms with E-state index >= 15 is 0 Å². The highest BCUT2D eigenvalue weighted by molar-refractivity contribution is 5.84. The van der Waals surface area contributed by atoms with Crippen molar-refractivity contribution < 1.29 is 9.53 Å². The molecule has 0 saturated heterocycles. The summed E-state index contributed by atoms with van der Waals surface area (Å²) in [5.41, 5.74) is 5.58. The Hall–Kier alpha value is -3.95. The molecule has 0 unspecified atom stereocenters. The molecule has 0 amide bonds. The first-order chi connectivity index (χ1) is 18.8. The zero-order valence-electron chi connectivity index (χ0n) is 23.3. The van der Waals surface area contributed by atoms with Crippen molar-refractivity contribution in [2.24, 2.45) is 5.92 Å². The molecule has 3 heteroatoms. The molecule has 1 aliphatic rings. The van der Waals surface area contributed by atoms with Gasteiger partial charge in [0.05, 0.1) is 5.54 Å². The number of hydrogen-bond donors (Lipinski definition) is 0. The zero-order valence-corrected chi connectivity index (χ0v) is 23.3. The molecule has 39 heavy (non-hydrogen) atoms. The van der Waals surface area contributed by atoms with Gasteiger partial charge in [0.25, 0.3) is 0 Å². The lowest BCUT2D eigenvalue weighted by Gasteiger charge is -2.48. The van der Waals surface area contributed by atoms with Crippen LogP contribution >= 0.6 is 0 Å². The average molecular weight is 516 g/mol. The minimum absolute atomic E-state index is 0.177. The molecule has 0 saturated carbocycles. The van der Waals surface area contributed by atoms with Gasteiger partial charge in [-0.15, -0.1) is 6.58 Å². The Kier molecular flexibility index (Phi) is 7.29. The maximum absolute atomic E-state index is 14.2. The number of nitrogens with zero attached hydrogens (tertiary/aromatic N) is 1. The second-order valence-corrected chi connectivity index (χ2v) is 11.4. The fourth-order valence-electron chi connectivity index (χ4n) is 6.00. The fourth-order valence-corrected chi connectivity index (χ4v) is 6.00. The van der Waals surface area contributed by atoms with E-state index in [1.165, 1.54) is 11.1 Å². The van der Waals surface area contributed by atoms with Crippen LogP contribution < -0.4 is 0 Å². The average Bonchev–Trinajstić information content (AvgIpc) is 3.24. The third-order valence-corrected chi connectivity index (χ3v) is 7.60. The lowest BCUT2D eigenvalue weighted by Crippen LogP contribution is -2.57. The smallest absolute Gasteiger partial charge is 0.324 e. The first-order valence-corrected chi connectivity index (χ1v) is 13.7. The molecular formula is C36H37NO2. The van der Waals surface area contributed by atoms with E-state index < -0.39 is 17.2 Å². The molecule has 198 valence electrons. The van der Waals surface area contributed by atoms with Gasteiger partial charge in [-0.05, 0) is 54.2 Å². The summed E-state index contributed by atoms with van der Waals surface area (Å²) in [6, 6.07) is 37.6. The Morgan fingerprint density at radius 2 is 1.31 bits per heavy atom. The highest BCUT2D eigenvalue weighted by Crippen LogP contribution is 2.55. The Morgan fingerprint density at radius 3 is 1.82 bits per heavy atom. The Bertz CT molecular complexity index is 1410. The molecule has 0 radical (unpaired) electrons. The highest BCUT2D eigenvalue weighted by Gasteiger charge is 2.53. The van der Waals surface area contributed by atoms with Crippen LogP contribution in [0, 0.1) is 5.92 Å². The summed E-state index contributed by atoms with van der Waals surface area (Å²) in [4.78, 5) is 16.6. The summed E-state index contributed by atoms with van der Waals surface area (Å²) in [6.07, 6.45) is 1.87. The molecular weight excluding hydrogens is 478 g/mol. The second-order valence-electron chi connectivity index (χ2n) is 11.4. The molecule has 0 heterocycles. The minimum atomic E-state index is -0.733. The number of fused-ring (bicyclic) bond motifs is 3. The van der Waals surface area contributed by atoms with Gasteiger partial charge in [-0.1, -0.05) is 122 Å². The molecule has 2 atom stereocenters. The highest BCUT2D eigenvalue weighted by atomic mass is 16.6. The first-order valence-electron chi connectivity index (χ1n) is 13.7. The molecule has 0 N–H and O–H groups in total. The Balaban J connectivity index is 1.87. The van der Waals surface area contributed by atoms with E-state index in [0.29, 0.717) is 6.54 Å². The van der Waals surface area contributed by atoms with Crippen LogP contribution in [-0.4, -0.2) is 22.5 Å². The molecule has 1 aliphatic carbocycles. The van der Waals surface area contributed by atoms with Crippen LogP contribution in [0.1, 0.15) is 49.9 Å². The molecule has 4 aromatic carbocycles. The Labute approximate surface area is 232 Å². The van der Waals surface area contributed by atoms with E-state index in [4.69, 9.17) is 4.74 Å². The number of carbonyl (C=O) groups is 1. The van der Waals surface area contributed by atoms with Crippen molar-refractivity contribution >= 4 is 5.97 Å². The topological polar surface area (TPSA) is 29.5 Å². The molecule has 4 aromatic rings. The number of rotatable bonds is 8. The summed E-state index contributed by atoms with van der Waals surface area (Å²) < 4.78 is 6.13. The number of ether oxygens (including phenoxy) is 1. The fraction of sp³-hybridized carbons (Fsp3) is 0.250. The van der Waals surface area contributed by atoms with Crippen LogP contribution in [0.2, 0.25) is 0 Å². The number of esters is 1. The van der Waals surface area contributed by atoms with Crippen LogP contribution in [0.4, 0.5) is 0 Å². The van der Waals surface area contributed by atoms with E-state index in [1.807, 2.05) is 39.0 Å². The molecule has 0 spiro atoms. The molecule has 5 rings (SSSR count). The van der Waals surface area contributed by atoms with Crippen LogP contribution in [0.25, 0.3) is 11.1 Å². The lowest BCUT2D eigenvalue weighted by molar-refractivity contribution is -0.165. The van der Waals surface area contributed by atoms with Gasteiger partial charge in [0.2, 0.25) is 0 Å². The van der Waals surface area contributed by atoms with Gasteiger partial charge in [-0.3, -0.25) is 9.69 Å². The van der Waals surface area contributed by atoms with Crippen molar-refractivity contribution in [2.75, 3.05) is 0 Å². The van der Waals surface area contributed by atoms with E-state index in [0.717, 1.165) is 22.3 Å². The molecule has 0 bridgehead atoms. The monoisotopic (exact) mass is 515 g/mol. The normalized spacial score (nSPS) is 15.2. The molecule has 0 aromatic heterocycles. The third kappa shape index (κ3) is 4.84. The van der Waals surface area contributed by atoms with Gasteiger partial charge >= 0.3 is 5.97 Å². The van der Waals surface area contributed by atoms with Gasteiger partial charge in [-0.2, -0.15) is 0 Å². The minimum Gasteiger partial charge on any atom is -0.459 e. The number of benzene rings is 4. The van der Waals surface area contributed by atoms with E-state index in [2.05, 4.69) is 115 Å². The van der Waals surface area contributed by atoms with Crippen molar-refractivity contribution in [2.45, 2.75) is 51.4 Å². The largest absolute Gasteiger partial charge is 0.459 e. The standard InChI is InChI=1S/C36H37NO2/c1-6-26(2)33(34(38)39-35(3,4)5)37(25-27-17-9-7-10-18-27)36(28-19-11-8-12-20-28)31-23-15-13-21-29(31)30-22-14-16-24-32(30)36/h6-24,26,33H,1,25H2,2-5H3/t26-,33-/m0/s1. The molecule has 3 nitrogen and oxygen atoms in total. The third-order valence-electron chi connectivity index (χ3n) is 7.60. The van der Waals surface area contributed by atoms with E-state index in [1.54, 1.807) is 0 Å². The van der Waals surface area contributed by atoms with Crippen molar-refractivity contribution in [3.63, 3.8) is 0 Å². The van der Waals surface area contributed by atoms with Crippen molar-refractivity contribution in [3.8, 4) is 11.1 Å². The van der Waals surface area contributed by atoms with Crippen LogP contribution in [-0.2, 0) is 21.6 Å². The summed E-state index contributed by atoms with van der Waals surface area (Å²) in [7, 11) is 0. The molecule has 0 aliphatic heterocycles. The van der Waals surface area contributed by atoms with Crippen molar-refractivity contribution in [3.05, 3.63) is 144 Å². The molecule has 0 fully saturated rings. The zero-order chi connectivity index (χ0) is 27.6. The maximum atomic E-state index is 14.2. The van der Waals surface area contributed by atoms with Gasteiger partial charge < -0.3 is 4.74 Å². The van der Waals surface area contributed by atoms with E-state index in [-0.39, 0.29) is 11.9 Å². The maximum Gasteiger partial charge on any atom is 0.324 e.